The first kappa shape index (κ1) is 17.3. The van der Waals surface area contributed by atoms with E-state index in [2.05, 4.69) is 20.0 Å². The molecule has 0 unspecified atom stereocenters. The minimum absolute atomic E-state index is 0.163. The topological polar surface area (TPSA) is 88.3 Å². The van der Waals surface area contributed by atoms with E-state index in [1.165, 1.54) is 0 Å². The van der Waals surface area contributed by atoms with Crippen LogP contribution in [0.25, 0.3) is 11.4 Å². The van der Waals surface area contributed by atoms with E-state index in [9.17, 15) is 22.8 Å². The Morgan fingerprint density at radius 1 is 1.11 bits per heavy atom. The van der Waals surface area contributed by atoms with Crippen LogP contribution in [-0.4, -0.2) is 23.2 Å². The van der Waals surface area contributed by atoms with Crippen LogP contribution in [0, 0.1) is 0 Å². The molecule has 0 radical (unpaired) electrons. The highest BCUT2D eigenvalue weighted by Crippen LogP contribution is 2.29. The van der Waals surface area contributed by atoms with Crippen LogP contribution in [0.5, 0.6) is 0 Å². The Morgan fingerprint density at radius 2 is 1.81 bits per heavy atom. The minimum atomic E-state index is -4.69. The molecule has 0 spiro atoms. The number of nitrogens with one attached hydrogen (secondary N) is 1. The third-order valence-corrected chi connectivity index (χ3v) is 4.41. The molecule has 0 aliphatic carbocycles. The third-order valence-electron chi connectivity index (χ3n) is 4.41. The first-order chi connectivity index (χ1) is 12.8. The maximum Gasteiger partial charge on any atom is 0.471 e. The monoisotopic (exact) mass is 378 g/mol. The summed E-state index contributed by atoms with van der Waals surface area (Å²) in [5.74, 6) is -1.56. The summed E-state index contributed by atoms with van der Waals surface area (Å²) in [4.78, 5) is 28.6. The van der Waals surface area contributed by atoms with Gasteiger partial charge in [0.05, 0.1) is 0 Å². The summed E-state index contributed by atoms with van der Waals surface area (Å²) in [5, 5.41) is 6.29. The maximum absolute atomic E-state index is 12.5. The summed E-state index contributed by atoms with van der Waals surface area (Å²) >= 11 is 0. The molecule has 27 heavy (non-hydrogen) atoms. The molecule has 2 aromatic carbocycles. The molecule has 0 amide bonds. The molecule has 0 atom stereocenters. The number of anilines is 2. The van der Waals surface area contributed by atoms with Crippen LogP contribution in [0.4, 0.5) is 24.5 Å². The summed E-state index contributed by atoms with van der Waals surface area (Å²) in [6.07, 6.45) is -3.70. The van der Waals surface area contributed by atoms with E-state index in [-0.39, 0.29) is 5.82 Å². The summed E-state index contributed by atoms with van der Waals surface area (Å²) < 4.78 is 41.7. The second-order valence-corrected chi connectivity index (χ2v) is 6.19. The van der Waals surface area contributed by atoms with E-state index < -0.39 is 22.9 Å². The number of rotatable bonds is 5. The van der Waals surface area contributed by atoms with E-state index in [1.54, 1.807) is 24.3 Å². The molecule has 0 bridgehead atoms. The highest BCUT2D eigenvalue weighted by atomic mass is 19.4. The van der Waals surface area contributed by atoms with Gasteiger partial charge in [-0.15, -0.1) is 0 Å². The molecular formula is C17H13F3N4O3. The van der Waals surface area contributed by atoms with Gasteiger partial charge < -0.3 is 14.7 Å². The van der Waals surface area contributed by atoms with Crippen molar-refractivity contribution in [2.24, 2.45) is 0 Å². The van der Waals surface area contributed by atoms with Gasteiger partial charge in [0.15, 0.2) is 0 Å². The normalized spacial score (nSPS) is 14.4. The van der Waals surface area contributed by atoms with Gasteiger partial charge in [0.2, 0.25) is 5.82 Å². The number of benzene rings is 1. The predicted octanol–water partition coefficient (Wildman–Crippen LogP) is 2.17. The first-order valence-electron chi connectivity index (χ1n) is 8.17. The molecule has 3 aromatic rings. The summed E-state index contributed by atoms with van der Waals surface area (Å²) in [5.41, 5.74) is 0.908. The van der Waals surface area contributed by atoms with Crippen LogP contribution in [0.2, 0.25) is 0 Å². The van der Waals surface area contributed by atoms with Gasteiger partial charge >= 0.3 is 12.1 Å². The van der Waals surface area contributed by atoms with E-state index in [1.807, 2.05) is 4.90 Å². The van der Waals surface area contributed by atoms with Crippen LogP contribution >= 0.6 is 0 Å². The highest BCUT2D eigenvalue weighted by molar-refractivity contribution is 5.76. The Labute approximate surface area is 150 Å². The zero-order valence-electron chi connectivity index (χ0n) is 13.8. The van der Waals surface area contributed by atoms with Gasteiger partial charge in [-0.3, -0.25) is 9.59 Å². The number of hydrogen-bond donors (Lipinski definition) is 1. The van der Waals surface area contributed by atoms with E-state index in [0.717, 1.165) is 25.1 Å². The quantitative estimate of drug-likeness (QED) is 0.681. The Morgan fingerprint density at radius 3 is 2.37 bits per heavy atom. The van der Waals surface area contributed by atoms with Crippen molar-refractivity contribution >= 4 is 11.4 Å². The standard InChI is InChI=1S/C17H13F3N4O3/c18-17(19,20)16-22-15(23-27-16)10-4-2-9(3-5-10)8-21-11-12(14(26)13(11)25)24-6-1-7-24/h2-5,21H,1,6-8H2. The Hall–Kier alpha value is -3.17. The second kappa shape index (κ2) is 6.22. The lowest BCUT2D eigenvalue weighted by atomic mass is 10.1. The van der Waals surface area contributed by atoms with Gasteiger partial charge in [0.1, 0.15) is 11.4 Å². The van der Waals surface area contributed by atoms with Gasteiger partial charge in [-0.2, -0.15) is 18.2 Å². The fourth-order valence-corrected chi connectivity index (χ4v) is 2.80. The van der Waals surface area contributed by atoms with Crippen molar-refractivity contribution in [1.29, 1.82) is 0 Å². The van der Waals surface area contributed by atoms with Gasteiger partial charge in [-0.05, 0) is 12.0 Å². The molecule has 4 rings (SSSR count). The van der Waals surface area contributed by atoms with Crippen LogP contribution in [0.3, 0.4) is 0 Å². The number of halogens is 3. The average molecular weight is 378 g/mol. The SMILES string of the molecule is O=c1c(NCc2ccc(-c3noc(C(F)(F)F)n3)cc2)c(N2CCC2)c1=O. The fourth-order valence-electron chi connectivity index (χ4n) is 2.80. The van der Waals surface area contributed by atoms with Crippen LogP contribution < -0.4 is 21.1 Å². The average Bonchev–Trinajstić information content (AvgIpc) is 3.10. The lowest BCUT2D eigenvalue weighted by Gasteiger charge is -2.34. The lowest BCUT2D eigenvalue weighted by Crippen LogP contribution is -2.48. The Bertz CT molecular complexity index is 1050. The lowest BCUT2D eigenvalue weighted by molar-refractivity contribution is -0.159. The van der Waals surface area contributed by atoms with E-state index in [0.29, 0.717) is 23.5 Å². The van der Waals surface area contributed by atoms with E-state index >= 15 is 0 Å². The highest BCUT2D eigenvalue weighted by Gasteiger charge is 2.38. The van der Waals surface area contributed by atoms with Crippen LogP contribution in [0.1, 0.15) is 17.9 Å². The molecule has 1 N–H and O–H groups in total. The Kier molecular flexibility index (Phi) is 3.97. The molecule has 7 nitrogen and oxygen atoms in total. The zero-order valence-corrected chi connectivity index (χ0v) is 13.8. The minimum Gasteiger partial charge on any atom is -0.376 e. The van der Waals surface area contributed by atoms with Crippen LogP contribution in [-0.2, 0) is 12.7 Å². The number of hydrogen-bond acceptors (Lipinski definition) is 7. The molecule has 0 saturated carbocycles. The van der Waals surface area contributed by atoms with E-state index in [4.69, 9.17) is 0 Å². The molecule has 140 valence electrons. The molecule has 1 aliphatic rings. The van der Waals surface area contributed by atoms with Crippen molar-refractivity contribution in [2.45, 2.75) is 19.1 Å². The van der Waals surface area contributed by atoms with Crippen molar-refractivity contribution in [3.8, 4) is 11.4 Å². The number of nitrogens with zero attached hydrogens (tertiary/aromatic N) is 3. The van der Waals surface area contributed by atoms with Crippen molar-refractivity contribution in [3.05, 3.63) is 56.2 Å². The molecule has 10 heteroatoms. The van der Waals surface area contributed by atoms with Crippen molar-refractivity contribution < 1.29 is 17.7 Å². The summed E-state index contributed by atoms with van der Waals surface area (Å²) in [6, 6.07) is 6.45. The number of alkyl halides is 3. The molecule has 1 aromatic heterocycles. The number of aromatic nitrogens is 2. The van der Waals surface area contributed by atoms with Crippen molar-refractivity contribution in [2.75, 3.05) is 23.3 Å². The summed E-state index contributed by atoms with van der Waals surface area (Å²) in [6.45, 7) is 1.82. The molecule has 1 saturated heterocycles. The molecular weight excluding hydrogens is 365 g/mol. The Balaban J connectivity index is 1.45. The van der Waals surface area contributed by atoms with Gasteiger partial charge in [-0.1, -0.05) is 29.4 Å². The predicted molar refractivity (Wildman–Crippen MR) is 90.2 cm³/mol. The maximum atomic E-state index is 12.5. The fraction of sp³-hybridized carbons (Fsp3) is 0.294. The first-order valence-corrected chi connectivity index (χ1v) is 8.17. The third kappa shape index (κ3) is 3.07. The van der Waals surface area contributed by atoms with Gasteiger partial charge in [-0.25, -0.2) is 0 Å². The van der Waals surface area contributed by atoms with Gasteiger partial charge in [0.25, 0.3) is 10.9 Å². The van der Waals surface area contributed by atoms with Crippen LogP contribution in [0.15, 0.2) is 38.4 Å². The zero-order chi connectivity index (χ0) is 19.2. The second-order valence-electron chi connectivity index (χ2n) is 6.19. The smallest absolute Gasteiger partial charge is 0.376 e. The largest absolute Gasteiger partial charge is 0.471 e. The molecule has 1 fully saturated rings. The molecule has 2 heterocycles. The van der Waals surface area contributed by atoms with Crippen molar-refractivity contribution in [3.63, 3.8) is 0 Å². The summed E-state index contributed by atoms with van der Waals surface area (Å²) in [7, 11) is 0. The van der Waals surface area contributed by atoms with Crippen molar-refractivity contribution in [1.82, 2.24) is 10.1 Å². The molecule has 1 aliphatic heterocycles. The van der Waals surface area contributed by atoms with Gasteiger partial charge in [0, 0.05) is 25.2 Å².